The predicted octanol–water partition coefficient (Wildman–Crippen LogP) is 5.30. The van der Waals surface area contributed by atoms with E-state index in [4.69, 9.17) is 0 Å². The van der Waals surface area contributed by atoms with Crippen molar-refractivity contribution in [1.82, 2.24) is 0 Å². The Morgan fingerprint density at radius 2 is 1.00 bits per heavy atom. The van der Waals surface area contributed by atoms with E-state index in [1.165, 1.54) is 18.2 Å². The van der Waals surface area contributed by atoms with Gasteiger partial charge in [-0.3, -0.25) is 0 Å². The van der Waals surface area contributed by atoms with E-state index in [1.807, 2.05) is 30.3 Å². The molecule has 0 unspecified atom stereocenters. The SMILES string of the molecule is Fc1ccc(-c2ccc(-c3ccccc3F)cc2)cc1. The molecule has 0 aromatic heterocycles. The highest BCUT2D eigenvalue weighted by atomic mass is 19.1. The fourth-order valence-corrected chi connectivity index (χ4v) is 2.18. The second-order valence-electron chi connectivity index (χ2n) is 4.56. The number of hydrogen-bond donors (Lipinski definition) is 0. The second-order valence-corrected chi connectivity index (χ2v) is 4.56. The summed E-state index contributed by atoms with van der Waals surface area (Å²) < 4.78 is 26.6. The minimum Gasteiger partial charge on any atom is -0.207 e. The maximum atomic E-state index is 13.7. The van der Waals surface area contributed by atoms with Gasteiger partial charge in [0.15, 0.2) is 0 Å². The van der Waals surface area contributed by atoms with Crippen LogP contribution in [-0.4, -0.2) is 0 Å². The summed E-state index contributed by atoms with van der Waals surface area (Å²) in [5.74, 6) is -0.487. The van der Waals surface area contributed by atoms with Crippen LogP contribution >= 0.6 is 0 Å². The van der Waals surface area contributed by atoms with Gasteiger partial charge in [-0.05, 0) is 34.9 Å². The summed E-state index contributed by atoms with van der Waals surface area (Å²) in [4.78, 5) is 0. The van der Waals surface area contributed by atoms with Crippen molar-refractivity contribution in [3.63, 3.8) is 0 Å². The van der Waals surface area contributed by atoms with Crippen LogP contribution in [0, 0.1) is 11.6 Å². The van der Waals surface area contributed by atoms with E-state index in [1.54, 1.807) is 24.3 Å². The van der Waals surface area contributed by atoms with Gasteiger partial charge in [-0.1, -0.05) is 54.6 Å². The summed E-state index contributed by atoms with van der Waals surface area (Å²) in [7, 11) is 0. The van der Waals surface area contributed by atoms with Crippen molar-refractivity contribution >= 4 is 0 Å². The van der Waals surface area contributed by atoms with E-state index in [-0.39, 0.29) is 11.6 Å². The van der Waals surface area contributed by atoms with Gasteiger partial charge in [0.2, 0.25) is 0 Å². The van der Waals surface area contributed by atoms with E-state index in [9.17, 15) is 8.78 Å². The molecule has 0 bridgehead atoms. The summed E-state index contributed by atoms with van der Waals surface area (Å²) in [5, 5.41) is 0. The first-order valence-corrected chi connectivity index (χ1v) is 6.35. The van der Waals surface area contributed by atoms with Crippen LogP contribution < -0.4 is 0 Å². The Balaban J connectivity index is 1.96. The molecule has 0 heterocycles. The molecule has 3 aromatic rings. The third-order valence-corrected chi connectivity index (χ3v) is 3.25. The zero-order chi connectivity index (χ0) is 13.9. The lowest BCUT2D eigenvalue weighted by atomic mass is 10.00. The standard InChI is InChI=1S/C18H12F2/c19-16-11-9-14(10-12-16)13-5-7-15(8-6-13)17-3-1-2-4-18(17)20/h1-12H. The van der Waals surface area contributed by atoms with Crippen LogP contribution in [0.25, 0.3) is 22.3 Å². The van der Waals surface area contributed by atoms with Crippen molar-refractivity contribution in [2.75, 3.05) is 0 Å². The quantitative estimate of drug-likeness (QED) is 0.590. The highest BCUT2D eigenvalue weighted by Crippen LogP contribution is 2.26. The molecule has 0 spiro atoms. The zero-order valence-electron chi connectivity index (χ0n) is 10.7. The first kappa shape index (κ1) is 12.5. The smallest absolute Gasteiger partial charge is 0.131 e. The molecule has 0 N–H and O–H groups in total. The Labute approximate surface area is 116 Å². The largest absolute Gasteiger partial charge is 0.207 e. The van der Waals surface area contributed by atoms with Gasteiger partial charge in [0.1, 0.15) is 11.6 Å². The lowest BCUT2D eigenvalue weighted by Gasteiger charge is -2.06. The third kappa shape index (κ3) is 2.45. The van der Waals surface area contributed by atoms with Crippen molar-refractivity contribution in [2.45, 2.75) is 0 Å². The van der Waals surface area contributed by atoms with Crippen LogP contribution in [0.4, 0.5) is 8.78 Å². The minimum absolute atomic E-state index is 0.234. The topological polar surface area (TPSA) is 0 Å². The molecule has 0 radical (unpaired) electrons. The van der Waals surface area contributed by atoms with E-state index >= 15 is 0 Å². The number of rotatable bonds is 2. The summed E-state index contributed by atoms with van der Waals surface area (Å²) >= 11 is 0. The van der Waals surface area contributed by atoms with Gasteiger partial charge < -0.3 is 0 Å². The van der Waals surface area contributed by atoms with Gasteiger partial charge in [-0.15, -0.1) is 0 Å². The molecule has 0 aliphatic rings. The Morgan fingerprint density at radius 1 is 0.500 bits per heavy atom. The fraction of sp³-hybridized carbons (Fsp3) is 0. The summed E-state index contributed by atoms with van der Waals surface area (Å²) in [5.41, 5.74) is 3.32. The van der Waals surface area contributed by atoms with Gasteiger partial charge in [0, 0.05) is 5.56 Å². The van der Waals surface area contributed by atoms with Crippen LogP contribution in [-0.2, 0) is 0 Å². The van der Waals surface area contributed by atoms with Crippen LogP contribution in [0.3, 0.4) is 0 Å². The molecular formula is C18H12F2. The normalized spacial score (nSPS) is 10.5. The number of halogens is 2. The van der Waals surface area contributed by atoms with Crippen LogP contribution in [0.1, 0.15) is 0 Å². The van der Waals surface area contributed by atoms with Crippen LogP contribution in [0.5, 0.6) is 0 Å². The highest BCUT2D eigenvalue weighted by Gasteiger charge is 2.04. The van der Waals surface area contributed by atoms with Gasteiger partial charge in [0.25, 0.3) is 0 Å². The molecule has 2 heteroatoms. The van der Waals surface area contributed by atoms with E-state index in [2.05, 4.69) is 0 Å². The number of hydrogen-bond acceptors (Lipinski definition) is 0. The molecule has 0 fully saturated rings. The maximum Gasteiger partial charge on any atom is 0.131 e. The first-order valence-electron chi connectivity index (χ1n) is 6.35. The molecule has 0 aliphatic heterocycles. The van der Waals surface area contributed by atoms with E-state index in [0.29, 0.717) is 5.56 Å². The Morgan fingerprint density at radius 3 is 1.60 bits per heavy atom. The number of benzene rings is 3. The average Bonchev–Trinajstić information content (AvgIpc) is 2.49. The van der Waals surface area contributed by atoms with Crippen molar-refractivity contribution in [3.05, 3.63) is 84.4 Å². The summed E-state index contributed by atoms with van der Waals surface area (Å²) in [6.07, 6.45) is 0. The Bertz CT molecular complexity index is 713. The van der Waals surface area contributed by atoms with Crippen molar-refractivity contribution in [3.8, 4) is 22.3 Å². The Kier molecular flexibility index (Phi) is 3.30. The second kappa shape index (κ2) is 5.25. The molecule has 0 saturated heterocycles. The Hall–Kier alpha value is -2.48. The fourth-order valence-electron chi connectivity index (χ4n) is 2.18. The molecule has 3 rings (SSSR count). The molecule has 3 aromatic carbocycles. The zero-order valence-corrected chi connectivity index (χ0v) is 10.7. The van der Waals surface area contributed by atoms with E-state index in [0.717, 1.165) is 16.7 Å². The molecule has 0 saturated carbocycles. The predicted molar refractivity (Wildman–Crippen MR) is 77.2 cm³/mol. The monoisotopic (exact) mass is 266 g/mol. The highest BCUT2D eigenvalue weighted by molar-refractivity contribution is 5.70. The maximum absolute atomic E-state index is 13.7. The molecule has 0 amide bonds. The lowest BCUT2D eigenvalue weighted by Crippen LogP contribution is -1.84. The van der Waals surface area contributed by atoms with Crippen molar-refractivity contribution in [1.29, 1.82) is 0 Å². The summed E-state index contributed by atoms with van der Waals surface area (Å²) in [6.45, 7) is 0. The molecule has 20 heavy (non-hydrogen) atoms. The first-order chi connectivity index (χ1) is 9.74. The van der Waals surface area contributed by atoms with Crippen molar-refractivity contribution < 1.29 is 8.78 Å². The molecule has 0 nitrogen and oxygen atoms in total. The van der Waals surface area contributed by atoms with Crippen LogP contribution in [0.2, 0.25) is 0 Å². The van der Waals surface area contributed by atoms with E-state index < -0.39 is 0 Å². The molecule has 0 atom stereocenters. The van der Waals surface area contributed by atoms with Gasteiger partial charge in [-0.2, -0.15) is 0 Å². The van der Waals surface area contributed by atoms with Gasteiger partial charge in [0.05, 0.1) is 0 Å². The average molecular weight is 266 g/mol. The van der Waals surface area contributed by atoms with Crippen molar-refractivity contribution in [2.24, 2.45) is 0 Å². The minimum atomic E-state index is -0.253. The van der Waals surface area contributed by atoms with Gasteiger partial charge >= 0.3 is 0 Å². The van der Waals surface area contributed by atoms with Crippen LogP contribution in [0.15, 0.2) is 72.8 Å². The molecular weight excluding hydrogens is 254 g/mol. The van der Waals surface area contributed by atoms with Gasteiger partial charge in [-0.25, -0.2) is 8.78 Å². The molecule has 98 valence electrons. The summed E-state index contributed by atoms with van der Waals surface area (Å²) in [6, 6.07) is 20.6. The third-order valence-electron chi connectivity index (χ3n) is 3.25. The lowest BCUT2D eigenvalue weighted by molar-refractivity contribution is 0.628. The molecule has 0 aliphatic carbocycles.